The van der Waals surface area contributed by atoms with Gasteiger partial charge in [-0.15, -0.1) is 0 Å². The lowest BCUT2D eigenvalue weighted by Gasteiger charge is -1.72. The molecule has 2 atom stereocenters. The van der Waals surface area contributed by atoms with Crippen LogP contribution >= 0.6 is 0 Å². The summed E-state index contributed by atoms with van der Waals surface area (Å²) < 4.78 is 0. The molecule has 36 valence electrons. The smallest absolute Gasteiger partial charge is 0.178 e. The summed E-state index contributed by atoms with van der Waals surface area (Å²) >= 11 is 0. The lowest BCUT2D eigenvalue weighted by atomic mass is 10.3. The van der Waals surface area contributed by atoms with Gasteiger partial charge in [0.25, 0.3) is 0 Å². The molecule has 0 radical (unpaired) electrons. The van der Waals surface area contributed by atoms with Crippen LogP contribution in [0.25, 0.3) is 0 Å². The van der Waals surface area contributed by atoms with Gasteiger partial charge in [-0.05, 0) is 6.42 Å². The summed E-state index contributed by atoms with van der Waals surface area (Å²) in [6, 6.07) is 0.410. The molecule has 2 unspecified atom stereocenters. The van der Waals surface area contributed by atoms with E-state index in [4.69, 9.17) is 0 Å². The molecule has 1 aliphatic carbocycles. The highest BCUT2D eigenvalue weighted by Crippen LogP contribution is 2.37. The Morgan fingerprint density at radius 3 is 2.86 bits per heavy atom. The van der Waals surface area contributed by atoms with E-state index in [2.05, 4.69) is 4.99 Å². The minimum atomic E-state index is 0.241. The molecule has 1 fully saturated rings. The quantitative estimate of drug-likeness (QED) is 0.417. The number of rotatable bonds is 0. The first-order valence-electron chi connectivity index (χ1n) is 2.45. The molecule has 0 aromatic carbocycles. The first kappa shape index (κ1) is 3.36. The number of fused-ring (bicyclic) bond motifs is 1. The van der Waals surface area contributed by atoms with Crippen molar-refractivity contribution < 1.29 is 4.79 Å². The number of Topliss-reactive ketones (excluding diaryl/α,β-unsaturated/α-hetero) is 1. The minimum Gasteiger partial charge on any atom is -0.293 e. The van der Waals surface area contributed by atoms with Crippen LogP contribution in [-0.4, -0.2) is 18.0 Å². The number of hydrogen-bond acceptors (Lipinski definition) is 2. The van der Waals surface area contributed by atoms with E-state index in [1.54, 1.807) is 0 Å². The topological polar surface area (TPSA) is 29.4 Å². The van der Waals surface area contributed by atoms with Crippen molar-refractivity contribution in [2.75, 3.05) is 0 Å². The van der Waals surface area contributed by atoms with Crippen molar-refractivity contribution >= 4 is 12.0 Å². The summed E-state index contributed by atoms with van der Waals surface area (Å²) in [7, 11) is 0. The molecule has 1 saturated carbocycles. The first-order valence-corrected chi connectivity index (χ1v) is 2.45. The average molecular weight is 95.1 g/mol. The Morgan fingerprint density at radius 2 is 2.71 bits per heavy atom. The Bertz CT molecular complexity index is 150. The van der Waals surface area contributed by atoms with Gasteiger partial charge in [0.2, 0.25) is 0 Å². The van der Waals surface area contributed by atoms with Crippen LogP contribution in [0, 0.1) is 5.92 Å². The monoisotopic (exact) mass is 95.0 g/mol. The first-order chi connectivity index (χ1) is 3.38. The van der Waals surface area contributed by atoms with E-state index in [-0.39, 0.29) is 5.78 Å². The molecule has 0 N–H and O–H groups in total. The zero-order valence-corrected chi connectivity index (χ0v) is 3.79. The fourth-order valence-electron chi connectivity index (χ4n) is 0.917. The normalized spacial score (nSPS) is 44.3. The van der Waals surface area contributed by atoms with Crippen molar-refractivity contribution in [2.24, 2.45) is 10.9 Å². The Kier molecular flexibility index (Phi) is 0.375. The van der Waals surface area contributed by atoms with Gasteiger partial charge in [0.15, 0.2) is 5.78 Å². The molecule has 2 heteroatoms. The van der Waals surface area contributed by atoms with Crippen LogP contribution in [0.2, 0.25) is 0 Å². The fraction of sp³-hybridized carbons (Fsp3) is 0.600. The molecule has 0 saturated heterocycles. The summed E-state index contributed by atoms with van der Waals surface area (Å²) in [6.07, 6.45) is 2.48. The Morgan fingerprint density at radius 1 is 1.86 bits per heavy atom. The third-order valence-corrected chi connectivity index (χ3v) is 1.52. The molecule has 1 heterocycles. The highest BCUT2D eigenvalue weighted by atomic mass is 16.1. The van der Waals surface area contributed by atoms with Gasteiger partial charge in [-0.2, -0.15) is 0 Å². The molecule has 0 aromatic heterocycles. The molecule has 2 rings (SSSR count). The number of nitrogens with zero attached hydrogens (tertiary/aromatic N) is 1. The van der Waals surface area contributed by atoms with E-state index in [1.807, 2.05) is 0 Å². The predicted molar refractivity (Wildman–Crippen MR) is 25.4 cm³/mol. The summed E-state index contributed by atoms with van der Waals surface area (Å²) in [5.41, 5.74) is 0. The fourth-order valence-corrected chi connectivity index (χ4v) is 0.917. The van der Waals surface area contributed by atoms with Crippen molar-refractivity contribution in [2.45, 2.75) is 12.5 Å². The summed E-state index contributed by atoms with van der Waals surface area (Å²) in [6.45, 7) is 0. The lowest BCUT2D eigenvalue weighted by Crippen LogP contribution is -1.95. The van der Waals surface area contributed by atoms with E-state index in [0.29, 0.717) is 12.0 Å². The number of hydrogen-bond donors (Lipinski definition) is 0. The van der Waals surface area contributed by atoms with E-state index >= 15 is 0 Å². The van der Waals surface area contributed by atoms with E-state index in [0.717, 1.165) is 6.42 Å². The van der Waals surface area contributed by atoms with E-state index < -0.39 is 0 Å². The maximum absolute atomic E-state index is 10.5. The molecule has 0 bridgehead atoms. The van der Waals surface area contributed by atoms with Gasteiger partial charge in [-0.1, -0.05) is 0 Å². The van der Waals surface area contributed by atoms with Gasteiger partial charge in [-0.25, -0.2) is 0 Å². The third kappa shape index (κ3) is 0.290. The molecule has 0 aromatic rings. The zero-order chi connectivity index (χ0) is 4.85. The summed E-state index contributed by atoms with van der Waals surface area (Å²) in [5.74, 6) is 0.560. The third-order valence-electron chi connectivity index (χ3n) is 1.52. The maximum atomic E-state index is 10.5. The van der Waals surface area contributed by atoms with Crippen LogP contribution in [-0.2, 0) is 4.79 Å². The molecule has 1 aliphatic heterocycles. The van der Waals surface area contributed by atoms with Crippen LogP contribution in [0.1, 0.15) is 6.42 Å². The van der Waals surface area contributed by atoms with Gasteiger partial charge in [0.05, 0.1) is 12.3 Å². The molecule has 7 heavy (non-hydrogen) atoms. The van der Waals surface area contributed by atoms with Crippen LogP contribution < -0.4 is 0 Å². The van der Waals surface area contributed by atoms with Gasteiger partial charge >= 0.3 is 0 Å². The highest BCUT2D eigenvalue weighted by Gasteiger charge is 2.45. The molecule has 0 spiro atoms. The van der Waals surface area contributed by atoms with Gasteiger partial charge in [0, 0.05) is 5.92 Å². The Balaban J connectivity index is 2.37. The zero-order valence-electron chi connectivity index (χ0n) is 3.79. The number of ketones is 1. The number of aliphatic imine (C=N–C) groups is 1. The van der Waals surface area contributed by atoms with Crippen molar-refractivity contribution in [1.82, 2.24) is 0 Å². The minimum absolute atomic E-state index is 0.241. The Hall–Kier alpha value is -0.660. The van der Waals surface area contributed by atoms with Crippen molar-refractivity contribution in [3.05, 3.63) is 0 Å². The van der Waals surface area contributed by atoms with Crippen molar-refractivity contribution in [3.63, 3.8) is 0 Å². The second-order valence-electron chi connectivity index (χ2n) is 2.09. The SMILES string of the molecule is O=C1C=NC2CC12. The predicted octanol–water partition coefficient (Wildman–Crippen LogP) is 0.0284. The average Bonchev–Trinajstić information content (AvgIpc) is 2.33. The van der Waals surface area contributed by atoms with E-state index in [1.165, 1.54) is 6.21 Å². The maximum Gasteiger partial charge on any atom is 0.178 e. The van der Waals surface area contributed by atoms with E-state index in [9.17, 15) is 4.79 Å². The molecule has 0 amide bonds. The van der Waals surface area contributed by atoms with Gasteiger partial charge < -0.3 is 0 Å². The largest absolute Gasteiger partial charge is 0.293 e. The van der Waals surface area contributed by atoms with Crippen LogP contribution in [0.15, 0.2) is 4.99 Å². The van der Waals surface area contributed by atoms with Crippen LogP contribution in [0.5, 0.6) is 0 Å². The number of carbonyl (C=O) groups is 1. The molecular formula is C5H5NO. The summed E-state index contributed by atoms with van der Waals surface area (Å²) in [4.78, 5) is 14.4. The second-order valence-corrected chi connectivity index (χ2v) is 2.09. The van der Waals surface area contributed by atoms with Crippen LogP contribution in [0.4, 0.5) is 0 Å². The highest BCUT2D eigenvalue weighted by molar-refractivity contribution is 6.31. The molecular weight excluding hydrogens is 90.1 g/mol. The summed E-state index contributed by atoms with van der Waals surface area (Å²) in [5, 5.41) is 0. The van der Waals surface area contributed by atoms with Gasteiger partial charge in [0.1, 0.15) is 0 Å². The molecule has 2 aliphatic rings. The standard InChI is InChI=1S/C5H5NO/c7-5-2-6-4-1-3(4)5/h2-4H,1H2. The lowest BCUT2D eigenvalue weighted by molar-refractivity contribution is -0.113. The van der Waals surface area contributed by atoms with Gasteiger partial charge in [-0.3, -0.25) is 9.79 Å². The van der Waals surface area contributed by atoms with Crippen molar-refractivity contribution in [3.8, 4) is 0 Å². The number of carbonyl (C=O) groups excluding carboxylic acids is 1. The van der Waals surface area contributed by atoms with Crippen LogP contribution in [0.3, 0.4) is 0 Å². The second kappa shape index (κ2) is 0.782. The Labute approximate surface area is 41.2 Å². The van der Waals surface area contributed by atoms with Crippen molar-refractivity contribution in [1.29, 1.82) is 0 Å². The molecule has 2 nitrogen and oxygen atoms in total.